The molecule has 0 aliphatic rings. The van der Waals surface area contributed by atoms with E-state index in [1.807, 2.05) is 66.7 Å². The molecule has 182 valence electrons. The summed E-state index contributed by atoms with van der Waals surface area (Å²) in [4.78, 5) is 37.4. The van der Waals surface area contributed by atoms with Crippen LogP contribution in [0.15, 0.2) is 91.0 Å². The molecule has 4 N–H and O–H groups in total. The highest BCUT2D eigenvalue weighted by molar-refractivity contribution is 7.17. The van der Waals surface area contributed by atoms with Crippen LogP contribution >= 0.6 is 11.3 Å². The summed E-state index contributed by atoms with van der Waals surface area (Å²) in [7, 11) is 0. The van der Waals surface area contributed by atoms with Crippen molar-refractivity contribution in [3.8, 4) is 16.2 Å². The summed E-state index contributed by atoms with van der Waals surface area (Å²) in [5, 5.41) is 5.38. The zero-order chi connectivity index (χ0) is 25.3. The van der Waals surface area contributed by atoms with E-state index < -0.39 is 11.8 Å². The van der Waals surface area contributed by atoms with Gasteiger partial charge >= 0.3 is 0 Å². The van der Waals surface area contributed by atoms with E-state index in [1.54, 1.807) is 24.3 Å². The highest BCUT2D eigenvalue weighted by Gasteiger charge is 2.19. The van der Waals surface area contributed by atoms with Crippen molar-refractivity contribution >= 4 is 29.1 Å². The number of nitrogens with two attached hydrogens (primary N) is 1. The first-order chi connectivity index (χ1) is 17.5. The molecule has 0 radical (unpaired) electrons. The molecule has 0 aliphatic heterocycles. The standard InChI is InChI=1S/C28H25N3O4S/c29-25(32)17-31-27(33)22-13-11-19(12-14-22)16-30-28(34)26-23(35-18-20-7-3-1-4-8-20)15-24(36-26)21-9-5-2-6-10-21/h1-15H,16-18H2,(H2,29,32)(H,30,34)(H,31,33). The van der Waals surface area contributed by atoms with Gasteiger partial charge in [0.25, 0.3) is 11.8 Å². The molecule has 3 amide bonds. The summed E-state index contributed by atoms with van der Waals surface area (Å²) >= 11 is 1.38. The van der Waals surface area contributed by atoms with Crippen LogP contribution in [0.25, 0.3) is 10.4 Å². The molecule has 1 aromatic heterocycles. The zero-order valence-electron chi connectivity index (χ0n) is 19.4. The molecular weight excluding hydrogens is 474 g/mol. The van der Waals surface area contributed by atoms with Gasteiger partial charge in [0.05, 0.1) is 6.54 Å². The second-order valence-corrected chi connectivity index (χ2v) is 9.03. The molecule has 0 spiro atoms. The highest BCUT2D eigenvalue weighted by Crippen LogP contribution is 2.36. The van der Waals surface area contributed by atoms with Crippen LogP contribution in [0.1, 0.15) is 31.2 Å². The number of primary amides is 1. The minimum absolute atomic E-state index is 0.225. The molecule has 7 nitrogen and oxygen atoms in total. The SMILES string of the molecule is NC(=O)CNC(=O)c1ccc(CNC(=O)c2sc(-c3ccccc3)cc2OCc2ccccc2)cc1. The van der Waals surface area contributed by atoms with E-state index in [4.69, 9.17) is 10.5 Å². The summed E-state index contributed by atoms with van der Waals surface area (Å²) < 4.78 is 6.05. The van der Waals surface area contributed by atoms with Crippen molar-refractivity contribution < 1.29 is 19.1 Å². The summed E-state index contributed by atoms with van der Waals surface area (Å²) in [6.45, 7) is 0.404. The van der Waals surface area contributed by atoms with Gasteiger partial charge in [-0.25, -0.2) is 0 Å². The maximum Gasteiger partial charge on any atom is 0.265 e. The quantitative estimate of drug-likeness (QED) is 0.305. The summed E-state index contributed by atoms with van der Waals surface area (Å²) in [6.07, 6.45) is 0. The van der Waals surface area contributed by atoms with Crippen LogP contribution in [-0.4, -0.2) is 24.3 Å². The van der Waals surface area contributed by atoms with E-state index >= 15 is 0 Å². The Morgan fingerprint density at radius 2 is 1.44 bits per heavy atom. The lowest BCUT2D eigenvalue weighted by molar-refractivity contribution is -0.117. The van der Waals surface area contributed by atoms with E-state index in [1.165, 1.54) is 11.3 Å². The van der Waals surface area contributed by atoms with Crippen LogP contribution in [-0.2, 0) is 17.9 Å². The molecule has 4 rings (SSSR count). The van der Waals surface area contributed by atoms with E-state index in [0.717, 1.165) is 21.6 Å². The Labute approximate surface area is 212 Å². The van der Waals surface area contributed by atoms with Gasteiger partial charge in [0.15, 0.2) is 0 Å². The molecule has 0 bridgehead atoms. The van der Waals surface area contributed by atoms with Crippen LogP contribution < -0.4 is 21.1 Å². The summed E-state index contributed by atoms with van der Waals surface area (Å²) in [5.41, 5.74) is 8.29. The number of amides is 3. The number of benzene rings is 3. The van der Waals surface area contributed by atoms with Crippen molar-refractivity contribution in [1.29, 1.82) is 0 Å². The molecule has 1 heterocycles. The van der Waals surface area contributed by atoms with Gasteiger partial charge in [0.1, 0.15) is 17.2 Å². The van der Waals surface area contributed by atoms with Gasteiger partial charge in [-0.2, -0.15) is 0 Å². The van der Waals surface area contributed by atoms with Crippen molar-refractivity contribution in [3.63, 3.8) is 0 Å². The molecule has 36 heavy (non-hydrogen) atoms. The lowest BCUT2D eigenvalue weighted by Gasteiger charge is -2.09. The fraction of sp³-hybridized carbons (Fsp3) is 0.107. The van der Waals surface area contributed by atoms with Gasteiger partial charge in [-0.05, 0) is 34.9 Å². The third kappa shape index (κ3) is 6.58. The third-order valence-corrected chi connectivity index (χ3v) is 6.46. The number of hydrogen-bond acceptors (Lipinski definition) is 5. The maximum absolute atomic E-state index is 13.1. The molecule has 8 heteroatoms. The Balaban J connectivity index is 1.45. The Bertz CT molecular complexity index is 1340. The molecule has 0 saturated heterocycles. The van der Waals surface area contributed by atoms with E-state index in [9.17, 15) is 14.4 Å². The lowest BCUT2D eigenvalue weighted by Crippen LogP contribution is -2.33. The molecule has 4 aromatic rings. The number of rotatable bonds is 10. The highest BCUT2D eigenvalue weighted by atomic mass is 32.1. The number of carbonyl (C=O) groups excluding carboxylic acids is 3. The Morgan fingerprint density at radius 3 is 2.11 bits per heavy atom. The first-order valence-corrected chi connectivity index (χ1v) is 12.1. The Hall–Kier alpha value is -4.43. The number of thiophene rings is 1. The minimum Gasteiger partial charge on any atom is -0.487 e. The van der Waals surface area contributed by atoms with Gasteiger partial charge in [0, 0.05) is 17.0 Å². The predicted molar refractivity (Wildman–Crippen MR) is 140 cm³/mol. The second-order valence-electron chi connectivity index (χ2n) is 7.97. The fourth-order valence-electron chi connectivity index (χ4n) is 3.43. The number of hydrogen-bond donors (Lipinski definition) is 3. The van der Waals surface area contributed by atoms with Gasteiger partial charge in [0.2, 0.25) is 5.91 Å². The van der Waals surface area contributed by atoms with Gasteiger partial charge in [-0.3, -0.25) is 14.4 Å². The first-order valence-electron chi connectivity index (χ1n) is 11.3. The number of nitrogens with one attached hydrogen (secondary N) is 2. The summed E-state index contributed by atoms with van der Waals surface area (Å²) in [6, 6.07) is 28.3. The van der Waals surface area contributed by atoms with Crippen molar-refractivity contribution in [2.45, 2.75) is 13.2 Å². The van der Waals surface area contributed by atoms with E-state index in [2.05, 4.69) is 10.6 Å². The van der Waals surface area contributed by atoms with Crippen LogP contribution in [0.3, 0.4) is 0 Å². The fourth-order valence-corrected chi connectivity index (χ4v) is 4.45. The predicted octanol–water partition coefficient (Wildman–Crippen LogP) is 4.14. The van der Waals surface area contributed by atoms with Crippen molar-refractivity contribution in [2.75, 3.05) is 6.54 Å². The second kappa shape index (κ2) is 11.8. The van der Waals surface area contributed by atoms with Gasteiger partial charge < -0.3 is 21.1 Å². The Kier molecular flexibility index (Phi) is 8.10. The topological polar surface area (TPSA) is 111 Å². The number of ether oxygens (including phenoxy) is 1. The minimum atomic E-state index is -0.612. The molecular formula is C28H25N3O4S. The lowest BCUT2D eigenvalue weighted by atomic mass is 10.1. The molecule has 3 aromatic carbocycles. The van der Waals surface area contributed by atoms with Crippen LogP contribution in [0, 0.1) is 0 Å². The monoisotopic (exact) mass is 499 g/mol. The van der Waals surface area contributed by atoms with Crippen molar-refractivity contribution in [2.24, 2.45) is 5.73 Å². The zero-order valence-corrected chi connectivity index (χ0v) is 20.2. The number of carbonyl (C=O) groups is 3. The van der Waals surface area contributed by atoms with Gasteiger partial charge in [-0.1, -0.05) is 72.8 Å². The average molecular weight is 500 g/mol. The molecule has 0 atom stereocenters. The van der Waals surface area contributed by atoms with Crippen LogP contribution in [0.2, 0.25) is 0 Å². The van der Waals surface area contributed by atoms with E-state index in [-0.39, 0.29) is 19.0 Å². The first kappa shape index (κ1) is 24.7. The molecule has 0 unspecified atom stereocenters. The molecule has 0 aliphatic carbocycles. The van der Waals surface area contributed by atoms with Crippen LogP contribution in [0.5, 0.6) is 5.75 Å². The molecule has 0 saturated carbocycles. The van der Waals surface area contributed by atoms with Crippen LogP contribution in [0.4, 0.5) is 0 Å². The van der Waals surface area contributed by atoms with Gasteiger partial charge in [-0.15, -0.1) is 11.3 Å². The largest absolute Gasteiger partial charge is 0.487 e. The Morgan fingerprint density at radius 1 is 0.778 bits per heavy atom. The maximum atomic E-state index is 13.1. The molecule has 0 fully saturated rings. The van der Waals surface area contributed by atoms with Crippen molar-refractivity contribution in [1.82, 2.24) is 10.6 Å². The third-order valence-electron chi connectivity index (χ3n) is 5.29. The van der Waals surface area contributed by atoms with Crippen molar-refractivity contribution in [3.05, 3.63) is 113 Å². The smallest absolute Gasteiger partial charge is 0.265 e. The normalized spacial score (nSPS) is 10.4. The average Bonchev–Trinajstić information content (AvgIpc) is 3.35. The summed E-state index contributed by atoms with van der Waals surface area (Å²) in [5.74, 6) is -0.717. The van der Waals surface area contributed by atoms with E-state index in [0.29, 0.717) is 22.8 Å².